The summed E-state index contributed by atoms with van der Waals surface area (Å²) in [7, 11) is 0. The van der Waals surface area contributed by atoms with Crippen LogP contribution in [0.1, 0.15) is 27.0 Å². The number of thiazole rings is 1. The molecule has 0 aliphatic rings. The van der Waals surface area contributed by atoms with Crippen LogP contribution in [-0.4, -0.2) is 37.0 Å². The summed E-state index contributed by atoms with van der Waals surface area (Å²) >= 11 is 1.64. The standard InChI is InChI=1S/C17H16N6OS/c1-10-9-11(2)23-17(19-10)21-15(22-23)16(24)18-8-7-14-20-12-5-3-4-6-13(12)25-14/h3-6,9H,7-8H2,1-2H3,(H,18,24). The fourth-order valence-electron chi connectivity index (χ4n) is 2.65. The molecule has 1 amide bonds. The minimum atomic E-state index is -0.302. The number of nitrogens with one attached hydrogen (secondary N) is 1. The Balaban J connectivity index is 1.44. The lowest BCUT2D eigenvalue weighted by atomic mass is 10.3. The predicted octanol–water partition coefficient (Wildman–Crippen LogP) is 2.32. The highest BCUT2D eigenvalue weighted by Gasteiger charge is 2.14. The number of hydrogen-bond donors (Lipinski definition) is 1. The van der Waals surface area contributed by atoms with Crippen LogP contribution in [0.3, 0.4) is 0 Å². The number of amides is 1. The van der Waals surface area contributed by atoms with E-state index < -0.39 is 0 Å². The lowest BCUT2D eigenvalue weighted by Crippen LogP contribution is -2.26. The molecule has 1 aromatic carbocycles. The van der Waals surface area contributed by atoms with E-state index in [4.69, 9.17) is 0 Å². The van der Waals surface area contributed by atoms with Crippen LogP contribution in [0.2, 0.25) is 0 Å². The van der Waals surface area contributed by atoms with Crippen molar-refractivity contribution in [2.45, 2.75) is 20.3 Å². The minimum Gasteiger partial charge on any atom is -0.349 e. The Morgan fingerprint density at radius 1 is 1.20 bits per heavy atom. The Bertz CT molecular complexity index is 1050. The smallest absolute Gasteiger partial charge is 0.291 e. The number of nitrogens with zero attached hydrogens (tertiary/aromatic N) is 5. The summed E-state index contributed by atoms with van der Waals surface area (Å²) in [6, 6.07) is 9.91. The first-order valence-electron chi connectivity index (χ1n) is 7.94. The largest absolute Gasteiger partial charge is 0.349 e. The van der Waals surface area contributed by atoms with Gasteiger partial charge in [-0.05, 0) is 32.0 Å². The Morgan fingerprint density at radius 3 is 2.88 bits per heavy atom. The van der Waals surface area contributed by atoms with Gasteiger partial charge in [0.05, 0.1) is 15.2 Å². The molecule has 1 N–H and O–H groups in total. The van der Waals surface area contributed by atoms with Crippen molar-refractivity contribution in [3.05, 3.63) is 52.6 Å². The number of fused-ring (bicyclic) bond motifs is 2. The maximum atomic E-state index is 12.3. The molecule has 0 atom stereocenters. The summed E-state index contributed by atoms with van der Waals surface area (Å²) in [5, 5.41) is 8.08. The number of aryl methyl sites for hydroxylation is 2. The van der Waals surface area contributed by atoms with Crippen molar-refractivity contribution in [2.75, 3.05) is 6.54 Å². The van der Waals surface area contributed by atoms with Crippen LogP contribution in [-0.2, 0) is 6.42 Å². The number of carbonyl (C=O) groups excluding carboxylic acids is 1. The normalized spacial score (nSPS) is 11.3. The van der Waals surface area contributed by atoms with Gasteiger partial charge in [0.25, 0.3) is 11.7 Å². The van der Waals surface area contributed by atoms with E-state index in [1.807, 2.05) is 44.2 Å². The van der Waals surface area contributed by atoms with Gasteiger partial charge in [-0.1, -0.05) is 12.1 Å². The predicted molar refractivity (Wildman–Crippen MR) is 95.9 cm³/mol. The Kier molecular flexibility index (Phi) is 3.89. The fourth-order valence-corrected chi connectivity index (χ4v) is 3.62. The molecule has 0 aliphatic carbocycles. The van der Waals surface area contributed by atoms with E-state index in [1.54, 1.807) is 15.9 Å². The molecule has 0 saturated carbocycles. The van der Waals surface area contributed by atoms with Gasteiger partial charge in [-0.3, -0.25) is 4.79 Å². The Labute approximate surface area is 147 Å². The van der Waals surface area contributed by atoms with Gasteiger partial charge < -0.3 is 5.32 Å². The van der Waals surface area contributed by atoms with Crippen LogP contribution >= 0.6 is 11.3 Å². The molecule has 3 heterocycles. The second-order valence-electron chi connectivity index (χ2n) is 5.77. The molecule has 0 saturated heterocycles. The Hall–Kier alpha value is -2.87. The first kappa shape index (κ1) is 15.6. The highest BCUT2D eigenvalue weighted by atomic mass is 32.1. The lowest BCUT2D eigenvalue weighted by Gasteiger charge is -1.99. The molecule has 8 heteroatoms. The van der Waals surface area contributed by atoms with Crippen molar-refractivity contribution in [2.24, 2.45) is 0 Å². The van der Waals surface area contributed by atoms with Crippen molar-refractivity contribution < 1.29 is 4.79 Å². The van der Waals surface area contributed by atoms with E-state index in [9.17, 15) is 4.79 Å². The molecule has 0 aliphatic heterocycles. The summed E-state index contributed by atoms with van der Waals surface area (Å²) in [5.41, 5.74) is 2.73. The fraction of sp³-hybridized carbons (Fsp3) is 0.235. The molecule has 4 aromatic rings. The third-order valence-electron chi connectivity index (χ3n) is 3.78. The van der Waals surface area contributed by atoms with Crippen molar-refractivity contribution >= 4 is 33.2 Å². The van der Waals surface area contributed by atoms with Gasteiger partial charge in [0.1, 0.15) is 0 Å². The average molecular weight is 352 g/mol. The highest BCUT2D eigenvalue weighted by Crippen LogP contribution is 2.21. The Morgan fingerprint density at radius 2 is 2.04 bits per heavy atom. The zero-order valence-corrected chi connectivity index (χ0v) is 14.7. The lowest BCUT2D eigenvalue weighted by molar-refractivity contribution is 0.0944. The van der Waals surface area contributed by atoms with Gasteiger partial charge in [0.2, 0.25) is 5.82 Å². The molecule has 4 rings (SSSR count). The molecule has 0 radical (unpaired) electrons. The van der Waals surface area contributed by atoms with Crippen molar-refractivity contribution in [3.8, 4) is 0 Å². The molecule has 126 valence electrons. The van der Waals surface area contributed by atoms with Gasteiger partial charge in [-0.15, -0.1) is 16.4 Å². The van der Waals surface area contributed by atoms with Crippen LogP contribution < -0.4 is 5.32 Å². The van der Waals surface area contributed by atoms with E-state index in [2.05, 4.69) is 25.4 Å². The summed E-state index contributed by atoms with van der Waals surface area (Å²) in [5.74, 6) is 0.267. The van der Waals surface area contributed by atoms with Gasteiger partial charge >= 0.3 is 0 Å². The number of hydrogen-bond acceptors (Lipinski definition) is 6. The molecule has 0 fully saturated rings. The van der Waals surface area contributed by atoms with Gasteiger partial charge in [-0.25, -0.2) is 14.5 Å². The summed E-state index contributed by atoms with van der Waals surface area (Å²) in [6.45, 7) is 4.28. The number of aromatic nitrogens is 5. The van der Waals surface area contributed by atoms with E-state index in [0.717, 1.165) is 26.6 Å². The maximum Gasteiger partial charge on any atom is 0.291 e. The van der Waals surface area contributed by atoms with Crippen molar-refractivity contribution in [1.82, 2.24) is 29.9 Å². The van der Waals surface area contributed by atoms with Crippen molar-refractivity contribution in [3.63, 3.8) is 0 Å². The molecule has 0 unspecified atom stereocenters. The van der Waals surface area contributed by atoms with Gasteiger partial charge in [0.15, 0.2) is 0 Å². The van der Waals surface area contributed by atoms with E-state index in [0.29, 0.717) is 18.7 Å². The second-order valence-corrected chi connectivity index (χ2v) is 6.88. The van der Waals surface area contributed by atoms with Gasteiger partial charge in [-0.2, -0.15) is 4.98 Å². The zero-order chi connectivity index (χ0) is 17.4. The zero-order valence-electron chi connectivity index (χ0n) is 13.9. The monoisotopic (exact) mass is 352 g/mol. The first-order chi connectivity index (χ1) is 12.1. The molecule has 0 bridgehead atoms. The number of carbonyl (C=O) groups is 1. The van der Waals surface area contributed by atoms with Crippen molar-refractivity contribution in [1.29, 1.82) is 0 Å². The topological polar surface area (TPSA) is 85.1 Å². The quantitative estimate of drug-likeness (QED) is 0.609. The van der Waals surface area contributed by atoms with Crippen LogP contribution in [0.15, 0.2) is 30.3 Å². The molecule has 7 nitrogen and oxygen atoms in total. The van der Waals surface area contributed by atoms with Crippen LogP contribution in [0.4, 0.5) is 0 Å². The van der Waals surface area contributed by atoms with Crippen LogP contribution in [0, 0.1) is 13.8 Å². The number of benzene rings is 1. The van der Waals surface area contributed by atoms with Gasteiger partial charge in [0, 0.05) is 24.4 Å². The molecule has 25 heavy (non-hydrogen) atoms. The third kappa shape index (κ3) is 3.08. The van der Waals surface area contributed by atoms with Crippen LogP contribution in [0.25, 0.3) is 16.0 Å². The van der Waals surface area contributed by atoms with Crippen LogP contribution in [0.5, 0.6) is 0 Å². The second kappa shape index (κ2) is 6.21. The van der Waals surface area contributed by atoms with E-state index in [-0.39, 0.29) is 11.7 Å². The van der Waals surface area contributed by atoms with E-state index in [1.165, 1.54) is 0 Å². The number of para-hydroxylation sites is 1. The SMILES string of the molecule is Cc1cc(C)n2nc(C(=O)NCCc3nc4ccccc4s3)nc2n1. The molecule has 0 spiro atoms. The highest BCUT2D eigenvalue weighted by molar-refractivity contribution is 7.18. The summed E-state index contributed by atoms with van der Waals surface area (Å²) in [4.78, 5) is 25.3. The number of rotatable bonds is 4. The third-order valence-corrected chi connectivity index (χ3v) is 4.88. The average Bonchev–Trinajstić information content (AvgIpc) is 3.18. The summed E-state index contributed by atoms with van der Waals surface area (Å²) in [6.07, 6.45) is 0.675. The molecule has 3 aromatic heterocycles. The summed E-state index contributed by atoms with van der Waals surface area (Å²) < 4.78 is 2.73. The minimum absolute atomic E-state index is 0.130. The first-order valence-corrected chi connectivity index (χ1v) is 8.75. The molecular formula is C17H16N6OS. The molecular weight excluding hydrogens is 336 g/mol. The maximum absolute atomic E-state index is 12.3. The van der Waals surface area contributed by atoms with E-state index >= 15 is 0 Å².